The number of amides is 1. The molecule has 1 heterocycles. The molecule has 1 atom stereocenters. The van der Waals surface area contributed by atoms with Gasteiger partial charge in [0.2, 0.25) is 5.91 Å². The Balaban J connectivity index is 2.19. The molecule has 1 aliphatic heterocycles. The van der Waals surface area contributed by atoms with E-state index < -0.39 is 12.6 Å². The number of ether oxygens (including phenoxy) is 1. The van der Waals surface area contributed by atoms with E-state index >= 15 is 0 Å². The number of aliphatic carboxylic acids is 1. The average Bonchev–Trinajstić information content (AvgIpc) is 2.57. The summed E-state index contributed by atoms with van der Waals surface area (Å²) in [4.78, 5) is 27.2. The number of hydrogen-bond donors (Lipinski definition) is 1. The van der Waals surface area contributed by atoms with Gasteiger partial charge >= 0.3 is 5.97 Å². The molecule has 1 N–H and O–H groups in total. The molecule has 0 radical (unpaired) electrons. The van der Waals surface area contributed by atoms with Crippen molar-refractivity contribution in [2.45, 2.75) is 38.8 Å². The van der Waals surface area contributed by atoms with E-state index in [1.165, 1.54) is 0 Å². The van der Waals surface area contributed by atoms with Gasteiger partial charge in [0.15, 0.2) is 6.61 Å². The SMILES string of the molecule is CCCC[C@H]1C(=O)N(C)CCN1Cc1cc(Cl)ccc1OCC(=O)O. The monoisotopic (exact) mass is 368 g/mol. The van der Waals surface area contributed by atoms with E-state index in [0.29, 0.717) is 23.9 Å². The van der Waals surface area contributed by atoms with Crippen LogP contribution < -0.4 is 4.74 Å². The van der Waals surface area contributed by atoms with E-state index in [0.717, 1.165) is 31.4 Å². The summed E-state index contributed by atoms with van der Waals surface area (Å²) >= 11 is 6.10. The van der Waals surface area contributed by atoms with Gasteiger partial charge in [-0.05, 0) is 24.6 Å². The molecule has 1 aliphatic rings. The molecule has 138 valence electrons. The summed E-state index contributed by atoms with van der Waals surface area (Å²) in [5.74, 6) is -0.404. The van der Waals surface area contributed by atoms with E-state index in [1.54, 1.807) is 23.1 Å². The summed E-state index contributed by atoms with van der Waals surface area (Å²) in [5, 5.41) is 9.39. The maximum atomic E-state index is 12.5. The van der Waals surface area contributed by atoms with Crippen LogP contribution in [0.4, 0.5) is 0 Å². The van der Waals surface area contributed by atoms with Crippen LogP contribution in [0.2, 0.25) is 5.02 Å². The van der Waals surface area contributed by atoms with Gasteiger partial charge in [-0.25, -0.2) is 4.79 Å². The van der Waals surface area contributed by atoms with Crippen LogP contribution in [-0.4, -0.2) is 59.6 Å². The zero-order valence-corrected chi connectivity index (χ0v) is 15.5. The maximum absolute atomic E-state index is 12.5. The Morgan fingerprint density at radius 1 is 1.40 bits per heavy atom. The van der Waals surface area contributed by atoms with Crippen molar-refractivity contribution in [1.29, 1.82) is 0 Å². The van der Waals surface area contributed by atoms with Gasteiger partial charge in [-0.2, -0.15) is 0 Å². The third-order valence-corrected chi connectivity index (χ3v) is 4.64. The number of hydrogen-bond acceptors (Lipinski definition) is 4. The van der Waals surface area contributed by atoms with E-state index in [9.17, 15) is 9.59 Å². The third-order valence-electron chi connectivity index (χ3n) is 4.40. The van der Waals surface area contributed by atoms with Crippen LogP contribution >= 0.6 is 11.6 Å². The smallest absolute Gasteiger partial charge is 0.341 e. The normalized spacial score (nSPS) is 18.4. The van der Waals surface area contributed by atoms with Crippen LogP contribution in [0.15, 0.2) is 18.2 Å². The van der Waals surface area contributed by atoms with Gasteiger partial charge < -0.3 is 14.7 Å². The molecule has 0 aliphatic carbocycles. The highest BCUT2D eigenvalue weighted by Gasteiger charge is 2.32. The molecule has 6 nitrogen and oxygen atoms in total. The second-order valence-electron chi connectivity index (χ2n) is 6.32. The second-order valence-corrected chi connectivity index (χ2v) is 6.76. The lowest BCUT2D eigenvalue weighted by molar-refractivity contribution is -0.141. The highest BCUT2D eigenvalue weighted by Crippen LogP contribution is 2.27. The molecule has 0 aromatic heterocycles. The number of halogens is 1. The number of benzene rings is 1. The largest absolute Gasteiger partial charge is 0.482 e. The van der Waals surface area contributed by atoms with Crippen molar-refractivity contribution in [3.63, 3.8) is 0 Å². The van der Waals surface area contributed by atoms with Gasteiger partial charge in [0.05, 0.1) is 6.04 Å². The lowest BCUT2D eigenvalue weighted by atomic mass is 10.0. The van der Waals surface area contributed by atoms with Crippen molar-refractivity contribution in [2.24, 2.45) is 0 Å². The molecule has 7 heteroatoms. The Morgan fingerprint density at radius 2 is 2.16 bits per heavy atom. The Bertz CT molecular complexity index is 623. The number of piperazine rings is 1. The molecule has 0 spiro atoms. The van der Waals surface area contributed by atoms with Crippen LogP contribution in [0.5, 0.6) is 5.75 Å². The maximum Gasteiger partial charge on any atom is 0.341 e. The minimum Gasteiger partial charge on any atom is -0.482 e. The number of unbranched alkanes of at least 4 members (excludes halogenated alkanes) is 1. The third kappa shape index (κ3) is 5.34. The van der Waals surface area contributed by atoms with Crippen LogP contribution in [0.3, 0.4) is 0 Å². The topological polar surface area (TPSA) is 70.1 Å². The van der Waals surface area contributed by atoms with Gasteiger partial charge in [-0.15, -0.1) is 0 Å². The van der Waals surface area contributed by atoms with Crippen LogP contribution in [-0.2, 0) is 16.1 Å². The number of likely N-dealkylation sites (N-methyl/N-ethyl adjacent to an activating group) is 1. The summed E-state index contributed by atoms with van der Waals surface area (Å²) in [7, 11) is 1.83. The Kier molecular flexibility index (Phi) is 7.08. The molecule has 0 bridgehead atoms. The van der Waals surface area contributed by atoms with Gasteiger partial charge in [-0.1, -0.05) is 31.4 Å². The molecule has 1 fully saturated rings. The first-order valence-corrected chi connectivity index (χ1v) is 8.92. The fourth-order valence-electron chi connectivity index (χ4n) is 3.02. The molecule has 25 heavy (non-hydrogen) atoms. The fourth-order valence-corrected chi connectivity index (χ4v) is 3.21. The Morgan fingerprint density at radius 3 is 2.84 bits per heavy atom. The van der Waals surface area contributed by atoms with Gasteiger partial charge in [-0.3, -0.25) is 9.69 Å². The summed E-state index contributed by atoms with van der Waals surface area (Å²) < 4.78 is 5.38. The van der Waals surface area contributed by atoms with E-state index in [-0.39, 0.29) is 11.9 Å². The predicted molar refractivity (Wildman–Crippen MR) is 95.9 cm³/mol. The number of rotatable bonds is 8. The standard InChI is InChI=1S/C18H25ClN2O4/c1-3-4-5-15-18(24)20(2)8-9-21(15)11-13-10-14(19)6-7-16(13)25-12-17(22)23/h6-7,10,15H,3-5,8-9,11-12H2,1-2H3,(H,22,23)/t15-/m0/s1. The van der Waals surface area contributed by atoms with Crippen molar-refractivity contribution in [2.75, 3.05) is 26.7 Å². The first-order chi connectivity index (χ1) is 11.9. The van der Waals surface area contributed by atoms with Crippen LogP contribution in [0.25, 0.3) is 0 Å². The molecule has 1 aromatic carbocycles. The van der Waals surface area contributed by atoms with Crippen molar-refractivity contribution < 1.29 is 19.4 Å². The number of nitrogens with zero attached hydrogens (tertiary/aromatic N) is 2. The molecule has 0 unspecified atom stereocenters. The fraction of sp³-hybridized carbons (Fsp3) is 0.556. The van der Waals surface area contributed by atoms with Crippen molar-refractivity contribution in [1.82, 2.24) is 9.80 Å². The summed E-state index contributed by atoms with van der Waals surface area (Å²) in [6, 6.07) is 4.97. The summed E-state index contributed by atoms with van der Waals surface area (Å²) in [6.07, 6.45) is 2.83. The highest BCUT2D eigenvalue weighted by atomic mass is 35.5. The number of carboxylic acids is 1. The van der Waals surface area contributed by atoms with E-state index in [4.69, 9.17) is 21.4 Å². The highest BCUT2D eigenvalue weighted by molar-refractivity contribution is 6.30. The number of carboxylic acid groups (broad SMARTS) is 1. The Hall–Kier alpha value is -1.79. The van der Waals surface area contributed by atoms with Gasteiger partial charge in [0, 0.05) is 37.3 Å². The summed E-state index contributed by atoms with van der Waals surface area (Å²) in [6.45, 7) is 3.64. The van der Waals surface area contributed by atoms with E-state index in [1.807, 2.05) is 7.05 Å². The zero-order valence-electron chi connectivity index (χ0n) is 14.7. The van der Waals surface area contributed by atoms with Gasteiger partial charge in [0.1, 0.15) is 5.75 Å². The summed E-state index contributed by atoms with van der Waals surface area (Å²) in [5.41, 5.74) is 0.799. The molecule has 1 aromatic rings. The Labute approximate surface area is 153 Å². The molecule has 0 saturated carbocycles. The minimum absolute atomic E-state index is 0.134. The molecule has 1 amide bonds. The first-order valence-electron chi connectivity index (χ1n) is 8.54. The molecule has 1 saturated heterocycles. The molecular weight excluding hydrogens is 344 g/mol. The van der Waals surface area contributed by atoms with Crippen molar-refractivity contribution in [3.05, 3.63) is 28.8 Å². The van der Waals surface area contributed by atoms with Crippen molar-refractivity contribution >= 4 is 23.5 Å². The second kappa shape index (κ2) is 9.06. The zero-order chi connectivity index (χ0) is 18.4. The molecule has 2 rings (SSSR count). The number of carbonyl (C=O) groups is 2. The predicted octanol–water partition coefficient (Wildman–Crippen LogP) is 2.64. The molecular formula is C18H25ClN2O4. The van der Waals surface area contributed by atoms with Crippen LogP contribution in [0, 0.1) is 0 Å². The lowest BCUT2D eigenvalue weighted by Gasteiger charge is -2.39. The van der Waals surface area contributed by atoms with Gasteiger partial charge in [0.25, 0.3) is 0 Å². The minimum atomic E-state index is -1.03. The quantitative estimate of drug-likeness (QED) is 0.763. The number of carbonyl (C=O) groups excluding carboxylic acids is 1. The average molecular weight is 369 g/mol. The first kappa shape index (κ1) is 19.5. The lowest BCUT2D eigenvalue weighted by Crippen LogP contribution is -2.55. The van der Waals surface area contributed by atoms with E-state index in [2.05, 4.69) is 11.8 Å². The van der Waals surface area contributed by atoms with Crippen LogP contribution in [0.1, 0.15) is 31.7 Å². The van der Waals surface area contributed by atoms with Crippen molar-refractivity contribution in [3.8, 4) is 5.75 Å².